The van der Waals surface area contributed by atoms with Crippen molar-refractivity contribution in [2.75, 3.05) is 18.7 Å². The quantitative estimate of drug-likeness (QED) is 0.568. The Morgan fingerprint density at radius 2 is 1.96 bits per heavy atom. The second kappa shape index (κ2) is 9.18. The summed E-state index contributed by atoms with van der Waals surface area (Å²) < 4.78 is 11.0. The van der Waals surface area contributed by atoms with Crippen LogP contribution in [0.2, 0.25) is 0 Å². The molecule has 1 N–H and O–H groups in total. The lowest BCUT2D eigenvalue weighted by molar-refractivity contribution is -0.111. The van der Waals surface area contributed by atoms with E-state index in [-0.39, 0.29) is 12.0 Å². The number of methoxy groups -OCH3 is 1. The second-order valence-electron chi connectivity index (χ2n) is 5.63. The lowest BCUT2D eigenvalue weighted by Crippen LogP contribution is -2.07. The average Bonchev–Trinajstić information content (AvgIpc) is 2.60. The van der Waals surface area contributed by atoms with Gasteiger partial charge in [0.05, 0.1) is 13.2 Å². The molecule has 5 heteroatoms. The Labute approximate surface area is 153 Å². The van der Waals surface area contributed by atoms with Crippen molar-refractivity contribution in [3.8, 4) is 11.5 Å². The molecule has 0 aliphatic heterocycles. The molecule has 0 aromatic heterocycles. The molecule has 2 aromatic rings. The van der Waals surface area contributed by atoms with Gasteiger partial charge in [-0.2, -0.15) is 0 Å². The van der Waals surface area contributed by atoms with Crippen molar-refractivity contribution < 1.29 is 14.3 Å². The molecule has 0 spiro atoms. The molecule has 0 aliphatic rings. The molecule has 1 amide bonds. The minimum Gasteiger partial charge on any atom is -0.493 e. The second-order valence-corrected chi connectivity index (χ2v) is 6.51. The molecule has 0 heterocycles. The zero-order valence-corrected chi connectivity index (χ0v) is 15.7. The van der Waals surface area contributed by atoms with E-state index in [9.17, 15) is 4.79 Å². The molecule has 0 bridgehead atoms. The van der Waals surface area contributed by atoms with Gasteiger partial charge < -0.3 is 14.8 Å². The van der Waals surface area contributed by atoms with E-state index in [2.05, 4.69) is 5.32 Å². The number of nitrogens with one attached hydrogen (secondary N) is 1. The molecular formula is C20H23NO3S. The van der Waals surface area contributed by atoms with Gasteiger partial charge in [-0.05, 0) is 62.1 Å². The van der Waals surface area contributed by atoms with Crippen molar-refractivity contribution in [3.05, 3.63) is 54.1 Å². The van der Waals surface area contributed by atoms with Gasteiger partial charge >= 0.3 is 0 Å². The number of ether oxygens (including phenoxy) is 2. The highest BCUT2D eigenvalue weighted by atomic mass is 32.2. The molecule has 4 nitrogen and oxygen atoms in total. The monoisotopic (exact) mass is 357 g/mol. The van der Waals surface area contributed by atoms with Gasteiger partial charge in [0.15, 0.2) is 11.5 Å². The maximum absolute atomic E-state index is 12.1. The summed E-state index contributed by atoms with van der Waals surface area (Å²) in [7, 11) is 1.60. The van der Waals surface area contributed by atoms with Crippen LogP contribution >= 0.6 is 11.8 Å². The summed E-state index contributed by atoms with van der Waals surface area (Å²) in [6.45, 7) is 3.92. The van der Waals surface area contributed by atoms with Crippen molar-refractivity contribution in [1.29, 1.82) is 0 Å². The van der Waals surface area contributed by atoms with Gasteiger partial charge in [-0.1, -0.05) is 12.1 Å². The van der Waals surface area contributed by atoms with Crippen LogP contribution in [0.15, 0.2) is 53.4 Å². The van der Waals surface area contributed by atoms with E-state index in [4.69, 9.17) is 9.47 Å². The zero-order chi connectivity index (χ0) is 18.2. The highest BCUT2D eigenvalue weighted by molar-refractivity contribution is 7.98. The Hall–Kier alpha value is -2.40. The molecule has 0 radical (unpaired) electrons. The summed E-state index contributed by atoms with van der Waals surface area (Å²) in [6, 6.07) is 13.3. The molecule has 2 rings (SSSR count). The molecule has 25 heavy (non-hydrogen) atoms. The minimum atomic E-state index is -0.181. The van der Waals surface area contributed by atoms with Gasteiger partial charge in [0.25, 0.3) is 0 Å². The molecule has 0 saturated heterocycles. The fourth-order valence-corrected chi connectivity index (χ4v) is 2.66. The standard InChI is InChI=1S/C20H23NO3S/c1-14(2)24-18-10-8-15(12-19(18)23-3)9-11-20(22)21-16-6-5-7-17(13-16)25-4/h5-14H,1-4H3,(H,21,22)/b11-9+. The summed E-state index contributed by atoms with van der Waals surface area (Å²) in [5.41, 5.74) is 1.64. The van der Waals surface area contributed by atoms with Crippen molar-refractivity contribution in [2.45, 2.75) is 24.8 Å². The normalized spacial score (nSPS) is 10.9. The smallest absolute Gasteiger partial charge is 0.248 e. The van der Waals surface area contributed by atoms with Crippen LogP contribution in [0, 0.1) is 0 Å². The van der Waals surface area contributed by atoms with Crippen molar-refractivity contribution in [1.82, 2.24) is 0 Å². The molecule has 132 valence electrons. The number of rotatable bonds is 7. The SMILES string of the molecule is COc1cc(/C=C/C(=O)Nc2cccc(SC)c2)ccc1OC(C)C. The summed E-state index contributed by atoms with van der Waals surface area (Å²) in [6.07, 6.45) is 5.32. The molecular weight excluding hydrogens is 334 g/mol. The number of thioether (sulfide) groups is 1. The van der Waals surface area contributed by atoms with E-state index in [1.54, 1.807) is 24.9 Å². The van der Waals surface area contributed by atoms with Crippen LogP contribution in [0.1, 0.15) is 19.4 Å². The maximum atomic E-state index is 12.1. The predicted molar refractivity (Wildman–Crippen MR) is 105 cm³/mol. The Bertz CT molecular complexity index is 756. The van der Waals surface area contributed by atoms with Crippen LogP contribution in [0.25, 0.3) is 6.08 Å². The summed E-state index contributed by atoms with van der Waals surface area (Å²) >= 11 is 1.63. The van der Waals surface area contributed by atoms with Crippen LogP contribution in [0.3, 0.4) is 0 Å². The Morgan fingerprint density at radius 1 is 1.16 bits per heavy atom. The van der Waals surface area contributed by atoms with Gasteiger partial charge in [0.2, 0.25) is 5.91 Å². The summed E-state index contributed by atoms with van der Waals surface area (Å²) in [5.74, 6) is 1.15. The summed E-state index contributed by atoms with van der Waals surface area (Å²) in [5, 5.41) is 2.86. The average molecular weight is 357 g/mol. The molecule has 2 aromatic carbocycles. The topological polar surface area (TPSA) is 47.6 Å². The number of amides is 1. The summed E-state index contributed by atoms with van der Waals surface area (Å²) in [4.78, 5) is 13.2. The van der Waals surface area contributed by atoms with Crippen LogP contribution in [-0.4, -0.2) is 25.4 Å². The van der Waals surface area contributed by atoms with Gasteiger partial charge in [0.1, 0.15) is 0 Å². The van der Waals surface area contributed by atoms with E-state index >= 15 is 0 Å². The Balaban J connectivity index is 2.06. The van der Waals surface area contributed by atoms with Crippen LogP contribution < -0.4 is 14.8 Å². The lowest BCUT2D eigenvalue weighted by Gasteiger charge is -2.13. The molecule has 0 unspecified atom stereocenters. The van der Waals surface area contributed by atoms with Gasteiger partial charge in [-0.3, -0.25) is 4.79 Å². The number of hydrogen-bond acceptors (Lipinski definition) is 4. The molecule has 0 fully saturated rings. The third-order valence-electron chi connectivity index (χ3n) is 3.31. The molecule has 0 saturated carbocycles. The lowest BCUT2D eigenvalue weighted by atomic mass is 10.2. The number of carbonyl (C=O) groups is 1. The first-order valence-electron chi connectivity index (χ1n) is 7.99. The van der Waals surface area contributed by atoms with Gasteiger partial charge in [-0.15, -0.1) is 11.8 Å². The highest BCUT2D eigenvalue weighted by Gasteiger charge is 2.07. The number of carbonyl (C=O) groups excluding carboxylic acids is 1. The largest absolute Gasteiger partial charge is 0.493 e. The maximum Gasteiger partial charge on any atom is 0.248 e. The number of anilines is 1. The Kier molecular flexibility index (Phi) is 6.95. The van der Waals surface area contributed by atoms with Crippen LogP contribution in [0.4, 0.5) is 5.69 Å². The molecule has 0 atom stereocenters. The third-order valence-corrected chi connectivity index (χ3v) is 4.04. The van der Waals surface area contributed by atoms with Crippen molar-refractivity contribution in [3.63, 3.8) is 0 Å². The number of benzene rings is 2. The first-order valence-corrected chi connectivity index (χ1v) is 9.22. The number of hydrogen-bond donors (Lipinski definition) is 1. The van der Waals surface area contributed by atoms with Gasteiger partial charge in [-0.25, -0.2) is 0 Å². The van der Waals surface area contributed by atoms with Crippen LogP contribution in [0.5, 0.6) is 11.5 Å². The van der Waals surface area contributed by atoms with Crippen LogP contribution in [-0.2, 0) is 4.79 Å². The highest BCUT2D eigenvalue weighted by Crippen LogP contribution is 2.29. The van der Waals surface area contributed by atoms with E-state index < -0.39 is 0 Å². The third kappa shape index (κ3) is 5.87. The van der Waals surface area contributed by atoms with E-state index in [1.165, 1.54) is 6.08 Å². The fraction of sp³-hybridized carbons (Fsp3) is 0.250. The predicted octanol–water partition coefficient (Wildman–Crippen LogP) is 4.86. The Morgan fingerprint density at radius 3 is 2.64 bits per heavy atom. The van der Waals surface area contributed by atoms with E-state index in [0.717, 1.165) is 16.1 Å². The van der Waals surface area contributed by atoms with Gasteiger partial charge in [0, 0.05) is 16.7 Å². The van der Waals surface area contributed by atoms with Crippen molar-refractivity contribution >= 4 is 29.4 Å². The molecule has 0 aliphatic carbocycles. The minimum absolute atomic E-state index is 0.0677. The van der Waals surface area contributed by atoms with E-state index in [0.29, 0.717) is 11.5 Å². The first kappa shape index (κ1) is 18.9. The fourth-order valence-electron chi connectivity index (χ4n) is 2.20. The van der Waals surface area contributed by atoms with E-state index in [1.807, 2.05) is 62.6 Å². The zero-order valence-electron chi connectivity index (χ0n) is 14.9. The first-order chi connectivity index (χ1) is 12.0. The van der Waals surface area contributed by atoms with Crippen molar-refractivity contribution in [2.24, 2.45) is 0 Å².